The zero-order valence-electron chi connectivity index (χ0n) is 15.7. The molecule has 142 valence electrons. The lowest BCUT2D eigenvalue weighted by atomic mass is 10.1. The standard InChI is InChI=1S/C23H20O5/c1-13(2)27-17-7-3-14(4-8-17)11-15-5-9-18-21(24)19-12-16(23(25)26)6-10-20(19)28-22(15)18/h3-4,6-8,10-13H,5,9H2,1-2H3,(H,25,26)/b15-11+. The van der Waals surface area contributed by atoms with E-state index >= 15 is 0 Å². The lowest BCUT2D eigenvalue weighted by Gasteiger charge is -2.09. The number of hydrogen-bond donors (Lipinski definition) is 1. The Balaban J connectivity index is 1.73. The van der Waals surface area contributed by atoms with Gasteiger partial charge in [-0.2, -0.15) is 0 Å². The summed E-state index contributed by atoms with van der Waals surface area (Å²) in [7, 11) is 0. The third-order valence-electron chi connectivity index (χ3n) is 4.76. The van der Waals surface area contributed by atoms with Crippen LogP contribution in [0.5, 0.6) is 5.75 Å². The minimum atomic E-state index is -1.06. The number of carboxylic acid groups (broad SMARTS) is 1. The second kappa shape index (κ2) is 7.00. The van der Waals surface area contributed by atoms with Crippen molar-refractivity contribution in [1.82, 2.24) is 0 Å². The van der Waals surface area contributed by atoms with Gasteiger partial charge in [0, 0.05) is 5.56 Å². The maximum atomic E-state index is 12.8. The fourth-order valence-electron chi connectivity index (χ4n) is 3.48. The van der Waals surface area contributed by atoms with Gasteiger partial charge in [0.15, 0.2) is 5.43 Å². The summed E-state index contributed by atoms with van der Waals surface area (Å²) in [6.07, 6.45) is 3.44. The monoisotopic (exact) mass is 376 g/mol. The van der Waals surface area contributed by atoms with E-state index in [9.17, 15) is 9.59 Å². The zero-order valence-corrected chi connectivity index (χ0v) is 15.7. The highest BCUT2D eigenvalue weighted by atomic mass is 16.5. The summed E-state index contributed by atoms with van der Waals surface area (Å²) < 4.78 is 11.7. The number of hydrogen-bond acceptors (Lipinski definition) is 4. The third kappa shape index (κ3) is 3.31. The van der Waals surface area contributed by atoms with E-state index in [1.165, 1.54) is 12.1 Å². The Labute approximate surface area is 161 Å². The Morgan fingerprint density at radius 2 is 1.89 bits per heavy atom. The predicted molar refractivity (Wildman–Crippen MR) is 108 cm³/mol. The van der Waals surface area contributed by atoms with Gasteiger partial charge in [-0.15, -0.1) is 0 Å². The summed E-state index contributed by atoms with van der Waals surface area (Å²) in [6.45, 7) is 3.97. The Morgan fingerprint density at radius 3 is 2.57 bits per heavy atom. The Kier molecular flexibility index (Phi) is 4.51. The van der Waals surface area contributed by atoms with Gasteiger partial charge in [-0.1, -0.05) is 12.1 Å². The molecule has 1 aliphatic carbocycles. The molecule has 0 saturated heterocycles. The minimum absolute atomic E-state index is 0.0808. The zero-order chi connectivity index (χ0) is 19.8. The average Bonchev–Trinajstić information content (AvgIpc) is 3.06. The number of fused-ring (bicyclic) bond motifs is 2. The van der Waals surface area contributed by atoms with E-state index in [1.54, 1.807) is 6.07 Å². The van der Waals surface area contributed by atoms with E-state index in [2.05, 4.69) is 0 Å². The molecule has 0 fully saturated rings. The molecular formula is C23H20O5. The number of benzene rings is 2. The largest absolute Gasteiger partial charge is 0.491 e. The fourth-order valence-corrected chi connectivity index (χ4v) is 3.48. The predicted octanol–water partition coefficient (Wildman–Crippen LogP) is 4.77. The van der Waals surface area contributed by atoms with Crippen LogP contribution in [0, 0.1) is 0 Å². The van der Waals surface area contributed by atoms with Crippen molar-refractivity contribution in [1.29, 1.82) is 0 Å². The van der Waals surface area contributed by atoms with Gasteiger partial charge in [0.2, 0.25) is 0 Å². The molecule has 28 heavy (non-hydrogen) atoms. The van der Waals surface area contributed by atoms with Crippen molar-refractivity contribution in [2.24, 2.45) is 0 Å². The topological polar surface area (TPSA) is 76.7 Å². The molecule has 1 aromatic heterocycles. The van der Waals surface area contributed by atoms with Crippen LogP contribution < -0.4 is 10.2 Å². The second-order valence-corrected chi connectivity index (χ2v) is 7.16. The highest BCUT2D eigenvalue weighted by molar-refractivity contribution is 5.94. The van der Waals surface area contributed by atoms with Crippen molar-refractivity contribution in [3.05, 3.63) is 75.1 Å². The highest BCUT2D eigenvalue weighted by Crippen LogP contribution is 2.34. The molecule has 0 saturated carbocycles. The first-order chi connectivity index (χ1) is 13.4. The number of carbonyl (C=O) groups is 1. The van der Waals surface area contributed by atoms with Crippen molar-refractivity contribution in [2.75, 3.05) is 0 Å². The maximum absolute atomic E-state index is 12.8. The SMILES string of the molecule is CC(C)Oc1ccc(/C=C2\CCc3c2oc2ccc(C(=O)O)cc2c3=O)cc1. The van der Waals surface area contributed by atoms with Crippen LogP contribution in [-0.4, -0.2) is 17.2 Å². The molecule has 0 unspecified atom stereocenters. The van der Waals surface area contributed by atoms with Crippen molar-refractivity contribution < 1.29 is 19.1 Å². The Morgan fingerprint density at radius 1 is 1.14 bits per heavy atom. The number of carboxylic acids is 1. The van der Waals surface area contributed by atoms with Crippen LogP contribution in [0.2, 0.25) is 0 Å². The van der Waals surface area contributed by atoms with Gasteiger partial charge < -0.3 is 14.3 Å². The van der Waals surface area contributed by atoms with Crippen LogP contribution in [0.15, 0.2) is 51.7 Å². The Bertz CT molecular complexity index is 1150. The lowest BCUT2D eigenvalue weighted by Crippen LogP contribution is -2.09. The van der Waals surface area contributed by atoms with E-state index in [0.29, 0.717) is 35.1 Å². The number of ether oxygens (including phenoxy) is 1. The number of rotatable bonds is 4. The summed E-state index contributed by atoms with van der Waals surface area (Å²) in [5.74, 6) is 0.353. The van der Waals surface area contributed by atoms with Crippen LogP contribution in [0.4, 0.5) is 0 Å². The normalized spacial score (nSPS) is 14.6. The third-order valence-corrected chi connectivity index (χ3v) is 4.76. The van der Waals surface area contributed by atoms with Crippen LogP contribution in [0.25, 0.3) is 22.6 Å². The summed E-state index contributed by atoms with van der Waals surface area (Å²) in [4.78, 5) is 24.0. The lowest BCUT2D eigenvalue weighted by molar-refractivity contribution is 0.0697. The summed E-state index contributed by atoms with van der Waals surface area (Å²) >= 11 is 0. The fraction of sp³-hybridized carbons (Fsp3) is 0.217. The van der Waals surface area contributed by atoms with Crippen LogP contribution in [-0.2, 0) is 6.42 Å². The molecule has 0 radical (unpaired) electrons. The van der Waals surface area contributed by atoms with Gasteiger partial charge in [0.25, 0.3) is 0 Å². The molecule has 2 aromatic carbocycles. The second-order valence-electron chi connectivity index (χ2n) is 7.16. The molecule has 3 aromatic rings. The van der Waals surface area contributed by atoms with Gasteiger partial charge >= 0.3 is 5.97 Å². The number of allylic oxidation sites excluding steroid dienone is 1. The molecule has 0 atom stereocenters. The van der Waals surface area contributed by atoms with E-state index in [-0.39, 0.29) is 17.1 Å². The molecule has 0 bridgehead atoms. The molecule has 0 amide bonds. The summed E-state index contributed by atoms with van der Waals surface area (Å²) in [5.41, 5.74) is 2.92. The molecule has 5 nitrogen and oxygen atoms in total. The smallest absolute Gasteiger partial charge is 0.335 e. The molecule has 4 rings (SSSR count). The van der Waals surface area contributed by atoms with E-state index in [4.69, 9.17) is 14.3 Å². The molecule has 0 aliphatic heterocycles. The van der Waals surface area contributed by atoms with Crippen molar-refractivity contribution in [3.63, 3.8) is 0 Å². The maximum Gasteiger partial charge on any atom is 0.335 e. The molecule has 5 heteroatoms. The number of aromatic carboxylic acids is 1. The molecule has 1 heterocycles. The van der Waals surface area contributed by atoms with Crippen molar-refractivity contribution >= 4 is 28.6 Å². The average molecular weight is 376 g/mol. The van der Waals surface area contributed by atoms with Gasteiger partial charge in [-0.05, 0) is 74.2 Å². The van der Waals surface area contributed by atoms with E-state index < -0.39 is 5.97 Å². The quantitative estimate of drug-likeness (QED) is 0.710. The first-order valence-corrected chi connectivity index (χ1v) is 9.23. The van der Waals surface area contributed by atoms with Crippen LogP contribution >= 0.6 is 0 Å². The first kappa shape index (κ1) is 18.0. The first-order valence-electron chi connectivity index (χ1n) is 9.23. The van der Waals surface area contributed by atoms with Gasteiger partial charge in [0.05, 0.1) is 17.1 Å². The van der Waals surface area contributed by atoms with E-state index in [1.807, 2.05) is 44.2 Å². The summed E-state index contributed by atoms with van der Waals surface area (Å²) in [5, 5.41) is 9.47. The van der Waals surface area contributed by atoms with Crippen LogP contribution in [0.3, 0.4) is 0 Å². The van der Waals surface area contributed by atoms with Crippen molar-refractivity contribution in [3.8, 4) is 5.75 Å². The highest BCUT2D eigenvalue weighted by Gasteiger charge is 2.24. The Hall–Kier alpha value is -3.34. The molecule has 1 N–H and O–H groups in total. The van der Waals surface area contributed by atoms with Gasteiger partial charge in [-0.25, -0.2) is 4.79 Å². The van der Waals surface area contributed by atoms with Gasteiger partial charge in [0.1, 0.15) is 17.1 Å². The van der Waals surface area contributed by atoms with Crippen LogP contribution in [0.1, 0.15) is 47.5 Å². The summed E-state index contributed by atoms with van der Waals surface area (Å²) in [6, 6.07) is 12.2. The minimum Gasteiger partial charge on any atom is -0.491 e. The van der Waals surface area contributed by atoms with Gasteiger partial charge in [-0.3, -0.25) is 4.79 Å². The van der Waals surface area contributed by atoms with Crippen molar-refractivity contribution in [2.45, 2.75) is 32.8 Å². The molecular weight excluding hydrogens is 356 g/mol. The van der Waals surface area contributed by atoms with E-state index in [0.717, 1.165) is 16.9 Å². The molecule has 0 spiro atoms. The molecule has 1 aliphatic rings.